The number of aromatic nitrogens is 2. The molecule has 1 saturated heterocycles. The van der Waals surface area contributed by atoms with Crippen LogP contribution in [0, 0.1) is 23.6 Å². The van der Waals surface area contributed by atoms with E-state index in [-0.39, 0.29) is 30.9 Å². The van der Waals surface area contributed by atoms with Crippen LogP contribution in [0.5, 0.6) is 5.75 Å². The molecule has 5 rings (SSSR count). The molecule has 2 N–H and O–H groups in total. The Kier molecular flexibility index (Phi) is 9.41. The lowest BCUT2D eigenvalue weighted by atomic mass is 9.65. The molecule has 0 amide bonds. The zero-order chi connectivity index (χ0) is 27.4. The number of Topliss-reactive ketones (excluding diaryl/α,β-unsaturated/α-hetero) is 1. The average Bonchev–Trinajstić information content (AvgIpc) is 2.96. The molecule has 0 radical (unpaired) electrons. The molecule has 2 heterocycles. The van der Waals surface area contributed by atoms with Crippen LogP contribution in [0.15, 0.2) is 89.9 Å². The van der Waals surface area contributed by atoms with Crippen LogP contribution < -0.4 is 9.50 Å². The van der Waals surface area contributed by atoms with E-state index in [0.717, 1.165) is 22.6 Å². The third-order valence-electron chi connectivity index (χ3n) is 6.99. The second-order valence-electron chi connectivity index (χ2n) is 9.62. The standard InChI is InChI=1S/C29H29FN6O2S.H2S/c1-20-5-3-6-25(15-20)38-39-35(2)36-14-11-22-16-26(34-24-9-7-23(30)8-10-24)21(18-31)17-29(22,19-36)27(37)28-32-12-4-13-33-28;/h3-10,12-13,15-16,18,31,34H,11,14,17,19H2,1-2H3;1H2. The molecular formula is C29H31FN6O2S2. The molecule has 1 unspecified atom stereocenters. The highest BCUT2D eigenvalue weighted by atomic mass is 32.2. The van der Waals surface area contributed by atoms with Gasteiger partial charge in [-0.2, -0.15) is 17.9 Å². The summed E-state index contributed by atoms with van der Waals surface area (Å²) in [7, 11) is 1.91. The van der Waals surface area contributed by atoms with Gasteiger partial charge in [0.15, 0.2) is 18.1 Å². The van der Waals surface area contributed by atoms with E-state index < -0.39 is 5.41 Å². The zero-order valence-electron chi connectivity index (χ0n) is 22.2. The molecule has 1 fully saturated rings. The van der Waals surface area contributed by atoms with Crippen LogP contribution in [0.1, 0.15) is 29.0 Å². The first-order valence-electron chi connectivity index (χ1n) is 12.6. The highest BCUT2D eigenvalue weighted by Crippen LogP contribution is 2.47. The Morgan fingerprint density at radius 2 is 1.95 bits per heavy atom. The number of hydrazine groups is 1. The molecule has 0 saturated carbocycles. The van der Waals surface area contributed by atoms with Crippen LogP contribution in [-0.2, 0) is 0 Å². The number of anilines is 1. The number of nitrogens with zero attached hydrogens (tertiary/aromatic N) is 4. The van der Waals surface area contributed by atoms with E-state index in [0.29, 0.717) is 37.2 Å². The molecule has 208 valence electrons. The maximum absolute atomic E-state index is 14.1. The van der Waals surface area contributed by atoms with Gasteiger partial charge >= 0.3 is 0 Å². The molecule has 40 heavy (non-hydrogen) atoms. The van der Waals surface area contributed by atoms with Gasteiger partial charge in [-0.25, -0.2) is 19.4 Å². The number of ketones is 1. The maximum Gasteiger partial charge on any atom is 0.211 e. The van der Waals surface area contributed by atoms with E-state index in [1.54, 1.807) is 30.6 Å². The Bertz CT molecular complexity index is 1430. The van der Waals surface area contributed by atoms with Gasteiger partial charge in [0, 0.05) is 50.1 Å². The van der Waals surface area contributed by atoms with Crippen LogP contribution in [0.3, 0.4) is 0 Å². The smallest absolute Gasteiger partial charge is 0.211 e. The Morgan fingerprint density at radius 1 is 1.20 bits per heavy atom. The summed E-state index contributed by atoms with van der Waals surface area (Å²) in [4.78, 5) is 22.6. The van der Waals surface area contributed by atoms with Gasteiger partial charge in [0.05, 0.1) is 5.41 Å². The van der Waals surface area contributed by atoms with Crippen molar-refractivity contribution in [1.82, 2.24) is 19.4 Å². The molecule has 0 spiro atoms. The molecule has 1 aliphatic heterocycles. The van der Waals surface area contributed by atoms with Crippen LogP contribution in [-0.4, -0.2) is 51.5 Å². The normalized spacial score (nSPS) is 18.9. The molecule has 2 aliphatic rings. The number of allylic oxidation sites excluding steroid dienone is 2. The molecule has 2 aromatic carbocycles. The van der Waals surface area contributed by atoms with E-state index in [1.807, 2.05) is 48.7 Å². The molecule has 0 bridgehead atoms. The lowest BCUT2D eigenvalue weighted by Crippen LogP contribution is -2.54. The fraction of sp³-hybridized carbons (Fsp3) is 0.241. The van der Waals surface area contributed by atoms with E-state index in [9.17, 15) is 9.18 Å². The molecule has 1 atom stereocenters. The summed E-state index contributed by atoms with van der Waals surface area (Å²) in [6.45, 7) is 3.05. The monoisotopic (exact) mass is 578 g/mol. The second-order valence-corrected chi connectivity index (χ2v) is 10.5. The molecule has 11 heteroatoms. The first kappa shape index (κ1) is 29.5. The zero-order valence-corrected chi connectivity index (χ0v) is 24.0. The SMILES string of the molecule is Cc1cccc(OSN(C)N2CCC3=CC(Nc4ccc(F)cc4)=C(C=N)CC3(C(=O)c3ncccn3)C2)c1.S. The second kappa shape index (κ2) is 12.8. The predicted molar refractivity (Wildman–Crippen MR) is 161 cm³/mol. The minimum absolute atomic E-state index is 0. The van der Waals surface area contributed by atoms with E-state index in [1.165, 1.54) is 30.6 Å². The summed E-state index contributed by atoms with van der Waals surface area (Å²) < 4.78 is 21.3. The van der Waals surface area contributed by atoms with Crippen molar-refractivity contribution < 1.29 is 13.4 Å². The molecular weight excluding hydrogens is 547 g/mol. The minimum atomic E-state index is -0.960. The summed E-state index contributed by atoms with van der Waals surface area (Å²) in [6.07, 6.45) is 7.29. The van der Waals surface area contributed by atoms with Crippen LogP contribution in [0.4, 0.5) is 10.1 Å². The van der Waals surface area contributed by atoms with E-state index >= 15 is 0 Å². The fourth-order valence-electron chi connectivity index (χ4n) is 4.96. The number of benzene rings is 2. The van der Waals surface area contributed by atoms with Gasteiger partial charge in [-0.15, -0.1) is 0 Å². The number of hydrogen-bond donors (Lipinski definition) is 2. The summed E-state index contributed by atoms with van der Waals surface area (Å²) in [5.41, 5.74) is 3.19. The lowest BCUT2D eigenvalue weighted by Gasteiger charge is -2.47. The van der Waals surface area contributed by atoms with Gasteiger partial charge in [-0.05, 0) is 79.4 Å². The summed E-state index contributed by atoms with van der Waals surface area (Å²) in [5, 5.41) is 13.6. The summed E-state index contributed by atoms with van der Waals surface area (Å²) in [6, 6.07) is 15.6. The van der Waals surface area contributed by atoms with Crippen LogP contribution >= 0.6 is 25.7 Å². The van der Waals surface area contributed by atoms with Crippen molar-refractivity contribution in [3.05, 3.63) is 107 Å². The third kappa shape index (κ3) is 6.28. The van der Waals surface area contributed by atoms with Crippen molar-refractivity contribution in [3.8, 4) is 5.75 Å². The summed E-state index contributed by atoms with van der Waals surface area (Å²) >= 11 is 1.20. The molecule has 3 aromatic rings. The number of hydrogen-bond acceptors (Lipinski definition) is 9. The van der Waals surface area contributed by atoms with Gasteiger partial charge in [0.1, 0.15) is 11.6 Å². The third-order valence-corrected chi connectivity index (χ3v) is 7.71. The molecule has 1 aromatic heterocycles. The van der Waals surface area contributed by atoms with Gasteiger partial charge in [0.25, 0.3) is 0 Å². The number of nitrogens with one attached hydrogen (secondary N) is 2. The van der Waals surface area contributed by atoms with Crippen molar-refractivity contribution in [2.45, 2.75) is 19.8 Å². The predicted octanol–water partition coefficient (Wildman–Crippen LogP) is 5.75. The Labute approximate surface area is 244 Å². The van der Waals surface area contributed by atoms with Crippen LogP contribution in [0.2, 0.25) is 0 Å². The van der Waals surface area contributed by atoms with Gasteiger partial charge in [-0.1, -0.05) is 17.7 Å². The fourth-order valence-corrected chi connectivity index (χ4v) is 5.49. The van der Waals surface area contributed by atoms with Gasteiger partial charge < -0.3 is 14.9 Å². The number of halogens is 1. The van der Waals surface area contributed by atoms with Crippen LogP contribution in [0.25, 0.3) is 0 Å². The van der Waals surface area contributed by atoms with Crippen molar-refractivity contribution in [1.29, 1.82) is 5.41 Å². The number of fused-ring (bicyclic) bond motifs is 1. The van der Waals surface area contributed by atoms with Crippen molar-refractivity contribution >= 4 is 43.4 Å². The topological polar surface area (TPSA) is 94.4 Å². The minimum Gasteiger partial charge on any atom is -0.409 e. The Hall–Kier alpha value is -3.51. The van der Waals surface area contributed by atoms with Crippen molar-refractivity contribution in [2.24, 2.45) is 5.41 Å². The number of carbonyl (C=O) groups is 1. The summed E-state index contributed by atoms with van der Waals surface area (Å²) in [5.74, 6) is 0.390. The maximum atomic E-state index is 14.1. The number of piperidine rings is 1. The van der Waals surface area contributed by atoms with E-state index in [4.69, 9.17) is 9.59 Å². The first-order chi connectivity index (χ1) is 18.9. The number of carbonyl (C=O) groups excluding carboxylic acids is 1. The highest BCUT2D eigenvalue weighted by Gasteiger charge is 2.50. The largest absolute Gasteiger partial charge is 0.409 e. The van der Waals surface area contributed by atoms with Crippen molar-refractivity contribution in [2.75, 3.05) is 25.5 Å². The average molecular weight is 579 g/mol. The Balaban J connectivity index is 0.00000370. The van der Waals surface area contributed by atoms with Gasteiger partial charge in [-0.3, -0.25) is 4.79 Å². The lowest BCUT2D eigenvalue weighted by molar-refractivity contribution is 0.0221. The van der Waals surface area contributed by atoms with Crippen molar-refractivity contribution in [3.63, 3.8) is 0 Å². The number of aryl methyl sites for hydroxylation is 1. The Morgan fingerprint density at radius 3 is 2.65 bits per heavy atom. The van der Waals surface area contributed by atoms with Gasteiger partial charge in [0.2, 0.25) is 5.78 Å². The first-order valence-corrected chi connectivity index (χ1v) is 13.3. The van der Waals surface area contributed by atoms with E-state index in [2.05, 4.69) is 20.3 Å². The molecule has 8 nitrogen and oxygen atoms in total. The highest BCUT2D eigenvalue weighted by molar-refractivity contribution is 7.92. The molecule has 1 aliphatic carbocycles. The quantitative estimate of drug-likeness (QED) is 0.144. The number of rotatable bonds is 9.